The minimum Gasteiger partial charge on any atom is -0.478 e. The molecule has 2 N–H and O–H groups in total. The van der Waals surface area contributed by atoms with Crippen LogP contribution in [0.3, 0.4) is 0 Å². The van der Waals surface area contributed by atoms with E-state index in [-0.39, 0.29) is 17.0 Å². The van der Waals surface area contributed by atoms with E-state index in [1.54, 1.807) is 0 Å². The number of benzene rings is 1. The maximum Gasteiger partial charge on any atom is 0.335 e. The minimum absolute atomic E-state index is 0.0525. The third-order valence-corrected chi connectivity index (χ3v) is 5.24. The summed E-state index contributed by atoms with van der Waals surface area (Å²) in [7, 11) is -3.63. The van der Waals surface area contributed by atoms with Crippen molar-refractivity contribution in [3.63, 3.8) is 0 Å². The SMILES string of the molecule is Cc1ccsc1CNS(=O)(=O)c1ccc(C(=O)O)cc1. The lowest BCUT2D eigenvalue weighted by molar-refractivity contribution is 0.0696. The Morgan fingerprint density at radius 2 is 1.90 bits per heavy atom. The van der Waals surface area contributed by atoms with Crippen molar-refractivity contribution in [2.45, 2.75) is 18.4 Å². The highest BCUT2D eigenvalue weighted by Gasteiger charge is 2.15. The van der Waals surface area contributed by atoms with Crippen LogP contribution in [0.4, 0.5) is 0 Å². The summed E-state index contributed by atoms with van der Waals surface area (Å²) in [5, 5.41) is 10.7. The smallest absolute Gasteiger partial charge is 0.335 e. The van der Waals surface area contributed by atoms with Crippen LogP contribution in [0.15, 0.2) is 40.6 Å². The van der Waals surface area contributed by atoms with E-state index in [2.05, 4.69) is 4.72 Å². The van der Waals surface area contributed by atoms with Gasteiger partial charge in [-0.25, -0.2) is 17.9 Å². The monoisotopic (exact) mass is 311 g/mol. The molecule has 0 aliphatic heterocycles. The number of rotatable bonds is 5. The van der Waals surface area contributed by atoms with Crippen molar-refractivity contribution in [3.8, 4) is 0 Å². The van der Waals surface area contributed by atoms with Crippen molar-refractivity contribution in [1.82, 2.24) is 4.72 Å². The Balaban J connectivity index is 2.14. The minimum atomic E-state index is -3.63. The zero-order chi connectivity index (χ0) is 14.8. The first-order valence-electron chi connectivity index (χ1n) is 5.76. The van der Waals surface area contributed by atoms with E-state index in [1.807, 2.05) is 18.4 Å². The Hall–Kier alpha value is -1.70. The molecule has 0 aliphatic carbocycles. The lowest BCUT2D eigenvalue weighted by atomic mass is 10.2. The van der Waals surface area contributed by atoms with Crippen molar-refractivity contribution in [3.05, 3.63) is 51.7 Å². The molecular weight excluding hydrogens is 298 g/mol. The largest absolute Gasteiger partial charge is 0.478 e. The van der Waals surface area contributed by atoms with Gasteiger partial charge in [-0.05, 0) is 48.2 Å². The van der Waals surface area contributed by atoms with E-state index < -0.39 is 16.0 Å². The second-order valence-electron chi connectivity index (χ2n) is 4.18. The van der Waals surface area contributed by atoms with Crippen molar-refractivity contribution in [1.29, 1.82) is 0 Å². The number of sulfonamides is 1. The second kappa shape index (κ2) is 5.74. The first kappa shape index (κ1) is 14.7. The molecule has 1 aromatic heterocycles. The number of hydrogen-bond donors (Lipinski definition) is 2. The van der Waals surface area contributed by atoms with Gasteiger partial charge in [0.1, 0.15) is 0 Å². The van der Waals surface area contributed by atoms with Gasteiger partial charge in [0, 0.05) is 11.4 Å². The average Bonchev–Trinajstić information content (AvgIpc) is 2.82. The van der Waals surface area contributed by atoms with Crippen LogP contribution < -0.4 is 4.72 Å². The van der Waals surface area contributed by atoms with Crippen molar-refractivity contribution in [2.75, 3.05) is 0 Å². The summed E-state index contributed by atoms with van der Waals surface area (Å²) in [6.45, 7) is 2.15. The molecular formula is C13H13NO4S2. The Bertz CT molecular complexity index is 717. The van der Waals surface area contributed by atoms with E-state index in [4.69, 9.17) is 5.11 Å². The summed E-state index contributed by atoms with van der Waals surface area (Å²) in [6, 6.07) is 7.04. The van der Waals surface area contributed by atoms with E-state index in [9.17, 15) is 13.2 Å². The predicted octanol–water partition coefficient (Wildman–Crippen LogP) is 2.23. The number of aromatic carboxylic acids is 1. The van der Waals surface area contributed by atoms with E-state index in [0.717, 1.165) is 10.4 Å². The van der Waals surface area contributed by atoms with Gasteiger partial charge >= 0.3 is 5.97 Å². The molecule has 1 aromatic carbocycles. The molecule has 0 amide bonds. The molecule has 0 aliphatic rings. The van der Waals surface area contributed by atoms with Gasteiger partial charge in [-0.1, -0.05) is 0 Å². The summed E-state index contributed by atoms with van der Waals surface area (Å²) >= 11 is 1.49. The average molecular weight is 311 g/mol. The standard InChI is InChI=1S/C13H13NO4S2/c1-9-6-7-19-12(9)8-14-20(17,18)11-4-2-10(3-5-11)13(15)16/h2-7,14H,8H2,1H3,(H,15,16). The number of carboxylic acids is 1. The van der Waals surface area contributed by atoms with Crippen LogP contribution in [0, 0.1) is 6.92 Å². The predicted molar refractivity (Wildman–Crippen MR) is 76.5 cm³/mol. The molecule has 1 heterocycles. The zero-order valence-electron chi connectivity index (χ0n) is 10.7. The molecule has 0 radical (unpaired) electrons. The fraction of sp³-hybridized carbons (Fsp3) is 0.154. The van der Waals surface area contributed by atoms with Crippen LogP contribution >= 0.6 is 11.3 Å². The highest BCUT2D eigenvalue weighted by atomic mass is 32.2. The Labute approximate surface area is 120 Å². The highest BCUT2D eigenvalue weighted by molar-refractivity contribution is 7.89. The van der Waals surface area contributed by atoms with Gasteiger partial charge < -0.3 is 5.11 Å². The molecule has 0 bridgehead atoms. The molecule has 7 heteroatoms. The number of hydrogen-bond acceptors (Lipinski definition) is 4. The molecule has 0 unspecified atom stereocenters. The van der Waals surface area contributed by atoms with Crippen LogP contribution in [0.1, 0.15) is 20.8 Å². The van der Waals surface area contributed by atoms with E-state index in [1.165, 1.54) is 35.6 Å². The summed E-state index contributed by atoms with van der Waals surface area (Å²) in [5.74, 6) is -1.09. The Morgan fingerprint density at radius 1 is 1.25 bits per heavy atom. The fourth-order valence-electron chi connectivity index (χ4n) is 1.61. The third-order valence-electron chi connectivity index (χ3n) is 2.80. The molecule has 0 fully saturated rings. The van der Waals surface area contributed by atoms with Gasteiger partial charge in [-0.15, -0.1) is 11.3 Å². The van der Waals surface area contributed by atoms with Crippen LogP contribution in [0.2, 0.25) is 0 Å². The maximum absolute atomic E-state index is 12.1. The lowest BCUT2D eigenvalue weighted by Gasteiger charge is -2.06. The Kier molecular flexibility index (Phi) is 4.22. The highest BCUT2D eigenvalue weighted by Crippen LogP contribution is 2.17. The van der Waals surface area contributed by atoms with E-state index in [0.29, 0.717) is 0 Å². The zero-order valence-corrected chi connectivity index (χ0v) is 12.3. The molecule has 0 saturated carbocycles. The van der Waals surface area contributed by atoms with Crippen molar-refractivity contribution < 1.29 is 18.3 Å². The molecule has 0 saturated heterocycles. The van der Waals surface area contributed by atoms with Crippen LogP contribution in [0.25, 0.3) is 0 Å². The summed E-state index contributed by atoms with van der Waals surface area (Å²) in [4.78, 5) is 11.7. The lowest BCUT2D eigenvalue weighted by Crippen LogP contribution is -2.23. The first-order chi connectivity index (χ1) is 9.40. The van der Waals surface area contributed by atoms with Gasteiger partial charge in [-0.2, -0.15) is 0 Å². The van der Waals surface area contributed by atoms with Gasteiger partial charge in [-0.3, -0.25) is 0 Å². The van der Waals surface area contributed by atoms with Gasteiger partial charge in [0.15, 0.2) is 0 Å². The first-order valence-corrected chi connectivity index (χ1v) is 8.12. The van der Waals surface area contributed by atoms with Crippen molar-refractivity contribution >= 4 is 27.3 Å². The maximum atomic E-state index is 12.1. The summed E-state index contributed by atoms with van der Waals surface area (Å²) in [5.41, 5.74) is 1.09. The number of aryl methyl sites for hydroxylation is 1. The number of nitrogens with one attached hydrogen (secondary N) is 1. The van der Waals surface area contributed by atoms with Crippen LogP contribution in [-0.2, 0) is 16.6 Å². The quantitative estimate of drug-likeness (QED) is 0.887. The molecule has 20 heavy (non-hydrogen) atoms. The fourth-order valence-corrected chi connectivity index (χ4v) is 3.54. The summed E-state index contributed by atoms with van der Waals surface area (Å²) in [6.07, 6.45) is 0. The number of thiophene rings is 1. The third kappa shape index (κ3) is 3.24. The summed E-state index contributed by atoms with van der Waals surface area (Å²) < 4.78 is 26.6. The van der Waals surface area contributed by atoms with Crippen LogP contribution in [-0.4, -0.2) is 19.5 Å². The number of carbonyl (C=O) groups is 1. The molecule has 0 spiro atoms. The second-order valence-corrected chi connectivity index (χ2v) is 6.95. The molecule has 0 atom stereocenters. The normalized spacial score (nSPS) is 11.4. The molecule has 2 rings (SSSR count). The van der Waals surface area contributed by atoms with E-state index >= 15 is 0 Å². The van der Waals surface area contributed by atoms with Gasteiger partial charge in [0.05, 0.1) is 10.5 Å². The molecule has 106 valence electrons. The molecule has 2 aromatic rings. The topological polar surface area (TPSA) is 83.5 Å². The Morgan fingerprint density at radius 3 is 2.40 bits per heavy atom. The number of carboxylic acid groups (broad SMARTS) is 1. The van der Waals surface area contributed by atoms with Gasteiger partial charge in [0.2, 0.25) is 10.0 Å². The molecule has 5 nitrogen and oxygen atoms in total. The van der Waals surface area contributed by atoms with Gasteiger partial charge in [0.25, 0.3) is 0 Å². The van der Waals surface area contributed by atoms with Crippen molar-refractivity contribution in [2.24, 2.45) is 0 Å². The van der Waals surface area contributed by atoms with Crippen LogP contribution in [0.5, 0.6) is 0 Å².